The van der Waals surface area contributed by atoms with Crippen molar-refractivity contribution in [3.63, 3.8) is 0 Å². The van der Waals surface area contributed by atoms with E-state index >= 15 is 0 Å². The zero-order valence-electron chi connectivity index (χ0n) is 18.9. The molecule has 0 saturated heterocycles. The van der Waals surface area contributed by atoms with E-state index in [1.54, 1.807) is 0 Å². The second kappa shape index (κ2) is 9.88. The van der Waals surface area contributed by atoms with Crippen LogP contribution in [0.4, 0.5) is 0 Å². The third-order valence-electron chi connectivity index (χ3n) is 6.17. The molecule has 0 amide bonds. The number of hydrogen-bond acceptors (Lipinski definition) is 2. The molecule has 158 valence electrons. The largest absolute Gasteiger partial charge is 0.404 e. The Morgan fingerprint density at radius 3 is 1.76 bits per heavy atom. The van der Waals surface area contributed by atoms with Gasteiger partial charge in [-0.25, -0.2) is 0 Å². The van der Waals surface area contributed by atoms with Gasteiger partial charge in [-0.3, -0.25) is 0 Å². The lowest BCUT2D eigenvalue weighted by Gasteiger charge is -2.45. The minimum Gasteiger partial charge on any atom is -0.404 e. The Hall–Kier alpha value is -1.68. The molecule has 2 rings (SSSR count). The van der Waals surface area contributed by atoms with Crippen molar-refractivity contribution in [1.29, 1.82) is 0 Å². The first-order chi connectivity index (χ1) is 13.6. The van der Waals surface area contributed by atoms with Gasteiger partial charge in [0.2, 0.25) is 0 Å². The standard InChI is InChI=1S/C26H38O2Si/c1-8-20(2)25(27)19-21(3)22(4)28-29(26(5,6)7,23-15-11-9-12-16-23)24-17-13-10-14-18-24/h8-18,20-22,25,27H,1,19H2,2-7H3/t20-,21-,22-,25+/m0/s1. The van der Waals surface area contributed by atoms with Crippen LogP contribution in [-0.4, -0.2) is 25.6 Å². The maximum Gasteiger partial charge on any atom is 0.261 e. The van der Waals surface area contributed by atoms with E-state index in [0.717, 1.165) is 0 Å². The van der Waals surface area contributed by atoms with Gasteiger partial charge in [-0.15, -0.1) is 6.58 Å². The molecular weight excluding hydrogens is 372 g/mol. The third kappa shape index (κ3) is 5.27. The molecule has 0 aliphatic rings. The van der Waals surface area contributed by atoms with E-state index < -0.39 is 14.4 Å². The lowest BCUT2D eigenvalue weighted by atomic mass is 9.92. The first-order valence-corrected chi connectivity index (χ1v) is 12.6. The first-order valence-electron chi connectivity index (χ1n) is 10.7. The number of aliphatic hydroxyl groups is 1. The molecule has 0 unspecified atom stereocenters. The van der Waals surface area contributed by atoms with Gasteiger partial charge >= 0.3 is 0 Å². The van der Waals surface area contributed by atoms with Crippen LogP contribution in [0.1, 0.15) is 48.0 Å². The monoisotopic (exact) mass is 410 g/mol. The van der Waals surface area contributed by atoms with Gasteiger partial charge in [-0.2, -0.15) is 0 Å². The summed E-state index contributed by atoms with van der Waals surface area (Å²) < 4.78 is 7.15. The van der Waals surface area contributed by atoms with Gasteiger partial charge in [0.1, 0.15) is 0 Å². The number of rotatable bonds is 9. The highest BCUT2D eigenvalue weighted by Gasteiger charge is 2.51. The normalized spacial score (nSPS) is 16.7. The molecule has 4 atom stereocenters. The molecule has 0 aliphatic carbocycles. The molecule has 2 aromatic rings. The number of benzene rings is 2. The zero-order chi connectivity index (χ0) is 21.7. The first kappa shape index (κ1) is 23.6. The Morgan fingerprint density at radius 2 is 1.38 bits per heavy atom. The Labute approximate surface area is 178 Å². The molecule has 0 aromatic heterocycles. The fourth-order valence-corrected chi connectivity index (χ4v) is 8.84. The van der Waals surface area contributed by atoms with Gasteiger partial charge in [-0.05, 0) is 40.6 Å². The van der Waals surface area contributed by atoms with E-state index in [0.29, 0.717) is 6.42 Å². The zero-order valence-corrected chi connectivity index (χ0v) is 19.9. The summed E-state index contributed by atoms with van der Waals surface area (Å²) in [6.45, 7) is 17.1. The Morgan fingerprint density at radius 1 is 0.931 bits per heavy atom. The maximum absolute atomic E-state index is 10.5. The summed E-state index contributed by atoms with van der Waals surface area (Å²) in [5.41, 5.74) is 0. The summed E-state index contributed by atoms with van der Waals surface area (Å²) in [5, 5.41) is 13.0. The van der Waals surface area contributed by atoms with Crippen LogP contribution in [0.2, 0.25) is 5.04 Å². The van der Waals surface area contributed by atoms with Gasteiger partial charge < -0.3 is 9.53 Å². The van der Waals surface area contributed by atoms with Crippen LogP contribution in [0.15, 0.2) is 73.3 Å². The lowest BCUT2D eigenvalue weighted by Crippen LogP contribution is -2.68. The van der Waals surface area contributed by atoms with Gasteiger partial charge in [0.15, 0.2) is 0 Å². The van der Waals surface area contributed by atoms with Crippen LogP contribution in [0.3, 0.4) is 0 Å². The molecule has 0 saturated carbocycles. The van der Waals surface area contributed by atoms with E-state index in [9.17, 15) is 5.11 Å². The van der Waals surface area contributed by atoms with E-state index in [1.165, 1.54) is 10.4 Å². The summed E-state index contributed by atoms with van der Waals surface area (Å²) in [6.07, 6.45) is 2.15. The van der Waals surface area contributed by atoms with Gasteiger partial charge in [0, 0.05) is 6.10 Å². The van der Waals surface area contributed by atoms with Crippen molar-refractivity contribution < 1.29 is 9.53 Å². The minimum atomic E-state index is -2.56. The minimum absolute atomic E-state index is 0.0213. The number of aliphatic hydroxyl groups excluding tert-OH is 1. The van der Waals surface area contributed by atoms with Gasteiger partial charge in [-0.1, -0.05) is 101 Å². The molecule has 1 N–H and O–H groups in total. The van der Waals surface area contributed by atoms with Crippen LogP contribution in [-0.2, 0) is 4.43 Å². The van der Waals surface area contributed by atoms with Crippen molar-refractivity contribution in [3.8, 4) is 0 Å². The lowest BCUT2D eigenvalue weighted by molar-refractivity contribution is 0.0697. The average Bonchev–Trinajstić information content (AvgIpc) is 2.71. The molecule has 3 heteroatoms. The predicted molar refractivity (Wildman–Crippen MR) is 127 cm³/mol. The quantitative estimate of drug-likeness (QED) is 0.457. The van der Waals surface area contributed by atoms with Crippen molar-refractivity contribution in [2.45, 2.75) is 65.2 Å². The highest BCUT2D eigenvalue weighted by Crippen LogP contribution is 2.38. The molecule has 0 fully saturated rings. The van der Waals surface area contributed by atoms with Crippen LogP contribution >= 0.6 is 0 Å². The van der Waals surface area contributed by atoms with E-state index in [1.807, 2.05) is 13.0 Å². The smallest absolute Gasteiger partial charge is 0.261 e. The van der Waals surface area contributed by atoms with E-state index in [4.69, 9.17) is 4.43 Å². The van der Waals surface area contributed by atoms with Crippen LogP contribution in [0.5, 0.6) is 0 Å². The molecule has 0 spiro atoms. The van der Waals surface area contributed by atoms with E-state index in [-0.39, 0.29) is 23.0 Å². The Balaban J connectivity index is 2.47. The maximum atomic E-state index is 10.5. The van der Waals surface area contributed by atoms with Crippen molar-refractivity contribution in [1.82, 2.24) is 0 Å². The molecule has 29 heavy (non-hydrogen) atoms. The molecule has 0 aliphatic heterocycles. The highest BCUT2D eigenvalue weighted by atomic mass is 28.4. The molecule has 0 bridgehead atoms. The predicted octanol–water partition coefficient (Wildman–Crippen LogP) is 5.16. The fourth-order valence-electron chi connectivity index (χ4n) is 4.03. The molecular formula is C26H38O2Si. The van der Waals surface area contributed by atoms with Crippen molar-refractivity contribution in [2.24, 2.45) is 11.8 Å². The number of hydrogen-bond donors (Lipinski definition) is 1. The Kier molecular flexibility index (Phi) is 8.04. The van der Waals surface area contributed by atoms with Gasteiger partial charge in [0.05, 0.1) is 6.10 Å². The molecule has 0 radical (unpaired) electrons. The van der Waals surface area contributed by atoms with Crippen LogP contribution < -0.4 is 10.4 Å². The van der Waals surface area contributed by atoms with Crippen LogP contribution in [0, 0.1) is 11.8 Å². The third-order valence-corrected chi connectivity index (χ3v) is 11.3. The topological polar surface area (TPSA) is 29.5 Å². The SMILES string of the molecule is C=C[C@H](C)[C@H](O)C[C@H](C)[C@H](C)O[Si](c1ccccc1)(c1ccccc1)C(C)(C)C. The summed E-state index contributed by atoms with van der Waals surface area (Å²) in [6, 6.07) is 21.4. The highest BCUT2D eigenvalue weighted by molar-refractivity contribution is 6.99. The van der Waals surface area contributed by atoms with Crippen molar-refractivity contribution in [3.05, 3.63) is 73.3 Å². The summed E-state index contributed by atoms with van der Waals surface area (Å²) in [7, 11) is -2.56. The summed E-state index contributed by atoms with van der Waals surface area (Å²) in [5.74, 6) is 0.312. The van der Waals surface area contributed by atoms with Crippen LogP contribution in [0.25, 0.3) is 0 Å². The van der Waals surface area contributed by atoms with Crippen molar-refractivity contribution >= 4 is 18.7 Å². The molecule has 0 heterocycles. The average molecular weight is 411 g/mol. The fraction of sp³-hybridized carbons (Fsp3) is 0.462. The summed E-state index contributed by atoms with van der Waals surface area (Å²) in [4.78, 5) is 0. The van der Waals surface area contributed by atoms with Crippen molar-refractivity contribution in [2.75, 3.05) is 0 Å². The van der Waals surface area contributed by atoms with E-state index in [2.05, 4.69) is 102 Å². The van der Waals surface area contributed by atoms with Gasteiger partial charge in [0.25, 0.3) is 8.32 Å². The molecule has 2 aromatic carbocycles. The molecule has 2 nitrogen and oxygen atoms in total. The Bertz CT molecular complexity index is 712. The second-order valence-electron chi connectivity index (χ2n) is 9.36. The summed E-state index contributed by atoms with van der Waals surface area (Å²) >= 11 is 0. The second-order valence-corrected chi connectivity index (χ2v) is 13.6.